The van der Waals surface area contributed by atoms with E-state index >= 15 is 0 Å². The first-order valence-electron chi connectivity index (χ1n) is 13.3. The van der Waals surface area contributed by atoms with Gasteiger partial charge in [-0.05, 0) is 112 Å². The average Bonchev–Trinajstić information content (AvgIpc) is 2.87. The molecule has 2 unspecified atom stereocenters. The molecule has 0 saturated heterocycles. The minimum absolute atomic E-state index is 0.156. The second kappa shape index (κ2) is 11.7. The van der Waals surface area contributed by atoms with Crippen molar-refractivity contribution in [1.29, 1.82) is 0 Å². The molecule has 0 aliphatic heterocycles. The molecule has 1 fully saturated rings. The van der Waals surface area contributed by atoms with Crippen molar-refractivity contribution in [3.8, 4) is 0 Å². The maximum atomic E-state index is 14.9. The molecule has 1 nitrogen and oxygen atoms in total. The molecule has 3 aliphatic carbocycles. The van der Waals surface area contributed by atoms with Crippen LogP contribution in [-0.2, 0) is 11.2 Å². The molecule has 0 radical (unpaired) electrons. The Morgan fingerprint density at radius 1 is 0.882 bits per heavy atom. The quantitative estimate of drug-likeness (QED) is 0.367. The normalized spacial score (nSPS) is 27.7. The van der Waals surface area contributed by atoms with E-state index in [0.717, 1.165) is 68.9 Å². The van der Waals surface area contributed by atoms with Gasteiger partial charge in [0, 0.05) is 12.2 Å². The molecule has 1 saturated carbocycles. The second-order valence-electron chi connectivity index (χ2n) is 10.3. The summed E-state index contributed by atoms with van der Waals surface area (Å²) in [5.74, 6) is 0.0834. The Hall–Kier alpha value is -1.81. The van der Waals surface area contributed by atoms with Gasteiger partial charge in [-0.1, -0.05) is 37.6 Å². The molecule has 186 valence electrons. The number of aryl methyl sites for hydroxylation is 1. The zero-order valence-corrected chi connectivity index (χ0v) is 20.7. The summed E-state index contributed by atoms with van der Waals surface area (Å²) in [4.78, 5) is 0. The minimum Gasteiger partial charge on any atom is -0.371 e. The van der Waals surface area contributed by atoms with Gasteiger partial charge in [0.2, 0.25) is 0 Å². The highest BCUT2D eigenvalue weighted by atomic mass is 19.2. The van der Waals surface area contributed by atoms with Gasteiger partial charge in [-0.15, -0.1) is 0 Å². The van der Waals surface area contributed by atoms with Crippen molar-refractivity contribution in [1.82, 2.24) is 0 Å². The van der Waals surface area contributed by atoms with Crippen LogP contribution in [0.1, 0.15) is 89.2 Å². The van der Waals surface area contributed by atoms with Crippen LogP contribution in [0.15, 0.2) is 41.8 Å². The monoisotopic (exact) mass is 472 g/mol. The summed E-state index contributed by atoms with van der Waals surface area (Å²) in [6, 6.07) is 3.58. The first kappa shape index (κ1) is 25.3. The molecular weight excluding hydrogens is 433 g/mol. The van der Waals surface area contributed by atoms with Crippen LogP contribution in [0.3, 0.4) is 0 Å². The summed E-state index contributed by atoms with van der Waals surface area (Å²) in [5.41, 5.74) is 3.01. The van der Waals surface area contributed by atoms with Crippen LogP contribution in [0.2, 0.25) is 0 Å². The summed E-state index contributed by atoms with van der Waals surface area (Å²) < 4.78 is 49.5. The summed E-state index contributed by atoms with van der Waals surface area (Å²) in [6.45, 7) is 4.59. The van der Waals surface area contributed by atoms with Crippen LogP contribution in [0.4, 0.5) is 13.2 Å². The van der Waals surface area contributed by atoms with Crippen LogP contribution in [0.5, 0.6) is 0 Å². The largest absolute Gasteiger partial charge is 0.371 e. The van der Waals surface area contributed by atoms with Gasteiger partial charge in [-0.25, -0.2) is 13.2 Å². The molecule has 0 bridgehead atoms. The van der Waals surface area contributed by atoms with E-state index < -0.39 is 17.7 Å². The Kier molecular flexibility index (Phi) is 8.74. The maximum Gasteiger partial charge on any atom is 0.166 e. The van der Waals surface area contributed by atoms with Crippen molar-refractivity contribution in [2.24, 2.45) is 17.8 Å². The SMILES string of the molecule is CCOC1CC=C(C2CCC(CCc3ccc(C4=CCC(CC)CC4)c(F)c3F)CC2)C=C1F. The van der Waals surface area contributed by atoms with Gasteiger partial charge in [0.25, 0.3) is 0 Å². The van der Waals surface area contributed by atoms with E-state index in [1.807, 2.05) is 6.92 Å². The topological polar surface area (TPSA) is 9.23 Å². The van der Waals surface area contributed by atoms with Crippen LogP contribution >= 0.6 is 0 Å². The number of hydrogen-bond donors (Lipinski definition) is 0. The van der Waals surface area contributed by atoms with E-state index in [0.29, 0.717) is 48.3 Å². The number of benzene rings is 1. The molecule has 1 aromatic carbocycles. The van der Waals surface area contributed by atoms with Gasteiger partial charge in [0.1, 0.15) is 11.9 Å². The van der Waals surface area contributed by atoms with E-state index in [-0.39, 0.29) is 5.83 Å². The fourth-order valence-corrected chi connectivity index (χ4v) is 5.98. The van der Waals surface area contributed by atoms with E-state index in [9.17, 15) is 13.2 Å². The number of hydrogen-bond acceptors (Lipinski definition) is 1. The number of rotatable bonds is 8. The van der Waals surface area contributed by atoms with Gasteiger partial charge in [0.15, 0.2) is 11.6 Å². The maximum absolute atomic E-state index is 14.9. The zero-order valence-electron chi connectivity index (χ0n) is 20.7. The third-order valence-corrected chi connectivity index (χ3v) is 8.29. The lowest BCUT2D eigenvalue weighted by Gasteiger charge is -2.31. The van der Waals surface area contributed by atoms with Crippen molar-refractivity contribution in [3.63, 3.8) is 0 Å². The van der Waals surface area contributed by atoms with Crippen molar-refractivity contribution >= 4 is 5.57 Å². The molecule has 4 heteroatoms. The Labute approximate surface area is 203 Å². The average molecular weight is 473 g/mol. The highest BCUT2D eigenvalue weighted by molar-refractivity contribution is 5.67. The number of ether oxygens (including phenoxy) is 1. The Balaban J connectivity index is 1.29. The van der Waals surface area contributed by atoms with Crippen molar-refractivity contribution in [2.75, 3.05) is 6.61 Å². The smallest absolute Gasteiger partial charge is 0.166 e. The minimum atomic E-state index is -0.675. The predicted octanol–water partition coefficient (Wildman–Crippen LogP) is 8.89. The fourth-order valence-electron chi connectivity index (χ4n) is 5.98. The standard InChI is InChI=1S/C30H39F3O/c1-3-20-5-12-23(13-6-20)26-17-15-24(29(32)30(26)33)14-9-21-7-10-22(11-8-21)25-16-18-28(34-4-2)27(31)19-25/h12,15-17,19-22,28H,3-11,13-14,18H2,1-2H3. The highest BCUT2D eigenvalue weighted by Crippen LogP contribution is 2.39. The third kappa shape index (κ3) is 5.87. The van der Waals surface area contributed by atoms with E-state index in [1.165, 1.54) is 0 Å². The molecule has 0 amide bonds. The summed E-state index contributed by atoms with van der Waals surface area (Å²) in [6.07, 6.45) is 15.7. The van der Waals surface area contributed by atoms with E-state index in [2.05, 4.69) is 19.1 Å². The first-order chi connectivity index (χ1) is 16.5. The van der Waals surface area contributed by atoms with Gasteiger partial charge in [0.05, 0.1) is 0 Å². The van der Waals surface area contributed by atoms with Crippen LogP contribution in [-0.4, -0.2) is 12.7 Å². The van der Waals surface area contributed by atoms with E-state index in [1.54, 1.807) is 18.2 Å². The lowest BCUT2D eigenvalue weighted by atomic mass is 9.75. The summed E-state index contributed by atoms with van der Waals surface area (Å²) in [7, 11) is 0. The van der Waals surface area contributed by atoms with Crippen LogP contribution < -0.4 is 0 Å². The van der Waals surface area contributed by atoms with Crippen LogP contribution in [0, 0.1) is 29.4 Å². The Bertz CT molecular complexity index is 937. The van der Waals surface area contributed by atoms with Crippen molar-refractivity contribution < 1.29 is 17.9 Å². The van der Waals surface area contributed by atoms with Gasteiger partial charge < -0.3 is 4.74 Å². The van der Waals surface area contributed by atoms with Gasteiger partial charge in [-0.3, -0.25) is 0 Å². The lowest BCUT2D eigenvalue weighted by molar-refractivity contribution is 0.0727. The third-order valence-electron chi connectivity index (χ3n) is 8.29. The molecular formula is C30H39F3O. The highest BCUT2D eigenvalue weighted by Gasteiger charge is 2.27. The number of allylic oxidation sites excluding steroid dienone is 4. The zero-order chi connectivity index (χ0) is 24.1. The molecule has 2 atom stereocenters. The predicted molar refractivity (Wildman–Crippen MR) is 133 cm³/mol. The fraction of sp³-hybridized carbons (Fsp3) is 0.600. The van der Waals surface area contributed by atoms with Crippen molar-refractivity contribution in [3.05, 3.63) is 64.5 Å². The molecule has 0 N–H and O–H groups in total. The Morgan fingerprint density at radius 3 is 2.32 bits per heavy atom. The number of halogens is 3. The van der Waals surface area contributed by atoms with E-state index in [4.69, 9.17) is 4.74 Å². The molecule has 3 aliphatic rings. The summed E-state index contributed by atoms with van der Waals surface area (Å²) in [5, 5.41) is 0. The molecule has 0 spiro atoms. The first-order valence-corrected chi connectivity index (χ1v) is 13.3. The molecule has 4 rings (SSSR count). The lowest BCUT2D eigenvalue weighted by Crippen LogP contribution is -2.21. The van der Waals surface area contributed by atoms with Gasteiger partial charge >= 0.3 is 0 Å². The van der Waals surface area contributed by atoms with Crippen molar-refractivity contribution in [2.45, 2.75) is 90.6 Å². The molecule has 0 heterocycles. The Morgan fingerprint density at radius 2 is 1.68 bits per heavy atom. The second-order valence-corrected chi connectivity index (χ2v) is 10.3. The molecule has 34 heavy (non-hydrogen) atoms. The molecule has 0 aromatic heterocycles. The van der Waals surface area contributed by atoms with Crippen LogP contribution in [0.25, 0.3) is 5.57 Å². The summed E-state index contributed by atoms with van der Waals surface area (Å²) >= 11 is 0. The van der Waals surface area contributed by atoms with Gasteiger partial charge in [-0.2, -0.15) is 0 Å². The molecule has 1 aromatic rings.